The number of benzene rings is 2. The highest BCUT2D eigenvalue weighted by molar-refractivity contribution is 8.00. The van der Waals surface area contributed by atoms with Gasteiger partial charge in [-0.15, -0.1) is 11.8 Å². The molecule has 1 aliphatic heterocycles. The number of halogens is 4. The van der Waals surface area contributed by atoms with E-state index in [2.05, 4.69) is 27.0 Å². The fourth-order valence-corrected chi connectivity index (χ4v) is 7.42. The molecule has 40 heavy (non-hydrogen) atoms. The predicted octanol–water partition coefficient (Wildman–Crippen LogP) is 11.4. The topological polar surface area (TPSA) is 9.23 Å². The molecule has 1 nitrogen and oxygen atoms in total. The van der Waals surface area contributed by atoms with E-state index >= 15 is 0 Å². The third-order valence-electron chi connectivity index (χ3n) is 7.18. The highest BCUT2D eigenvalue weighted by Crippen LogP contribution is 2.59. The lowest BCUT2D eigenvalue weighted by Gasteiger charge is -2.47. The van der Waals surface area contributed by atoms with Gasteiger partial charge in [-0.05, 0) is 62.1 Å². The first-order chi connectivity index (χ1) is 19.0. The molecular formula is C32H47F4OPS2. The van der Waals surface area contributed by atoms with Gasteiger partial charge in [-0.3, -0.25) is 0 Å². The average molecular weight is 619 g/mol. The normalized spacial score (nSPS) is 21.2. The van der Waals surface area contributed by atoms with Crippen LogP contribution in [0.15, 0.2) is 41.3 Å². The highest BCUT2D eigenvalue weighted by Gasteiger charge is 2.50. The van der Waals surface area contributed by atoms with E-state index in [0.29, 0.717) is 13.0 Å². The molecule has 0 bridgehead atoms. The van der Waals surface area contributed by atoms with Crippen LogP contribution in [0.1, 0.15) is 97.1 Å². The average Bonchev–Trinajstić information content (AvgIpc) is 3.77. The van der Waals surface area contributed by atoms with Gasteiger partial charge in [0.05, 0.1) is 11.4 Å². The fourth-order valence-electron chi connectivity index (χ4n) is 5.04. The van der Waals surface area contributed by atoms with Crippen molar-refractivity contribution in [3.05, 3.63) is 59.2 Å². The van der Waals surface area contributed by atoms with E-state index in [-0.39, 0.29) is 22.8 Å². The van der Waals surface area contributed by atoms with E-state index in [4.69, 9.17) is 4.74 Å². The molecule has 3 aliphatic rings. The van der Waals surface area contributed by atoms with Crippen LogP contribution in [0.3, 0.4) is 0 Å². The van der Waals surface area contributed by atoms with Crippen LogP contribution in [-0.4, -0.2) is 18.1 Å². The second-order valence-corrected chi connectivity index (χ2v) is 14.0. The molecule has 5 rings (SSSR count). The molecule has 2 saturated carbocycles. The van der Waals surface area contributed by atoms with Crippen molar-refractivity contribution in [2.24, 2.45) is 11.8 Å². The molecule has 3 atom stereocenters. The van der Waals surface area contributed by atoms with Crippen molar-refractivity contribution in [1.82, 2.24) is 0 Å². The number of thioether (sulfide) groups is 2. The van der Waals surface area contributed by atoms with Gasteiger partial charge in [0, 0.05) is 27.2 Å². The lowest BCUT2D eigenvalue weighted by molar-refractivity contribution is 0.104. The Balaban J connectivity index is 0.000000359. The number of hydrogen-bond acceptors (Lipinski definition) is 3. The molecule has 2 fully saturated rings. The molecule has 1 heterocycles. The summed E-state index contributed by atoms with van der Waals surface area (Å²) in [5, 5.41) is 1.05. The molecule has 0 saturated heterocycles. The maximum absolute atomic E-state index is 14.8. The molecule has 0 N–H and O–H groups in total. The Morgan fingerprint density at radius 1 is 1.00 bits per heavy atom. The maximum atomic E-state index is 14.8. The second kappa shape index (κ2) is 16.7. The van der Waals surface area contributed by atoms with Crippen LogP contribution in [0, 0.1) is 23.5 Å². The minimum absolute atomic E-state index is 0.00578. The first kappa shape index (κ1) is 35.3. The summed E-state index contributed by atoms with van der Waals surface area (Å²) in [6, 6.07) is 8.26. The SMILES string of the molecule is CC.CCCC(C)C.CSC1CC1.Fc1ccc(F)c2c1OCC1CCCC[C@@]21Sc1ccc(C(F)(F)P)cc1. The van der Waals surface area contributed by atoms with E-state index in [0.717, 1.165) is 47.5 Å². The van der Waals surface area contributed by atoms with E-state index in [9.17, 15) is 17.6 Å². The zero-order valence-corrected chi connectivity index (χ0v) is 27.7. The summed E-state index contributed by atoms with van der Waals surface area (Å²) in [5.41, 5.74) is -2.81. The largest absolute Gasteiger partial charge is 0.490 e. The minimum Gasteiger partial charge on any atom is -0.490 e. The summed E-state index contributed by atoms with van der Waals surface area (Å²) in [4.78, 5) is 0.761. The molecule has 0 radical (unpaired) electrons. The molecule has 2 aromatic carbocycles. The fraction of sp³-hybridized carbons (Fsp3) is 0.625. The van der Waals surface area contributed by atoms with E-state index in [1.165, 1.54) is 58.8 Å². The number of fused-ring (bicyclic) bond motifs is 3. The van der Waals surface area contributed by atoms with Crippen LogP contribution in [0.2, 0.25) is 0 Å². The lowest BCUT2D eigenvalue weighted by atomic mass is 9.73. The van der Waals surface area contributed by atoms with Crippen LogP contribution < -0.4 is 4.74 Å². The van der Waals surface area contributed by atoms with Crippen LogP contribution >= 0.6 is 32.8 Å². The van der Waals surface area contributed by atoms with Crippen molar-refractivity contribution in [2.75, 3.05) is 12.9 Å². The Morgan fingerprint density at radius 3 is 2.10 bits per heavy atom. The zero-order valence-electron chi connectivity index (χ0n) is 24.9. The van der Waals surface area contributed by atoms with Gasteiger partial charge >= 0.3 is 0 Å². The van der Waals surface area contributed by atoms with Crippen molar-refractivity contribution >= 4 is 32.8 Å². The van der Waals surface area contributed by atoms with Crippen molar-refractivity contribution < 1.29 is 22.3 Å². The Kier molecular flexibility index (Phi) is 14.7. The Labute approximate surface area is 250 Å². The number of hydrogen-bond donors (Lipinski definition) is 0. The first-order valence-electron chi connectivity index (χ1n) is 14.6. The molecule has 0 aromatic heterocycles. The number of alkyl halides is 2. The summed E-state index contributed by atoms with van der Waals surface area (Å²) >= 11 is 3.43. The molecule has 2 unspecified atom stereocenters. The molecule has 2 aromatic rings. The Bertz CT molecular complexity index is 1020. The van der Waals surface area contributed by atoms with E-state index in [1.54, 1.807) is 12.1 Å². The quantitative estimate of drug-likeness (QED) is 0.235. The summed E-state index contributed by atoms with van der Waals surface area (Å²) in [7, 11) is 1.52. The summed E-state index contributed by atoms with van der Waals surface area (Å²) in [6.45, 7) is 11.1. The van der Waals surface area contributed by atoms with Crippen molar-refractivity contribution in [1.29, 1.82) is 0 Å². The molecular weight excluding hydrogens is 571 g/mol. The lowest BCUT2D eigenvalue weighted by Crippen LogP contribution is -2.43. The molecule has 2 aliphatic carbocycles. The summed E-state index contributed by atoms with van der Waals surface area (Å²) in [5.74, 6) is -0.0985. The highest BCUT2D eigenvalue weighted by atomic mass is 32.2. The smallest absolute Gasteiger partial charge is 0.283 e. The van der Waals surface area contributed by atoms with Crippen molar-refractivity contribution in [3.8, 4) is 5.75 Å². The van der Waals surface area contributed by atoms with Crippen LogP contribution in [0.4, 0.5) is 17.6 Å². The minimum atomic E-state index is -2.99. The van der Waals surface area contributed by atoms with E-state index < -0.39 is 22.0 Å². The van der Waals surface area contributed by atoms with Gasteiger partial charge in [-0.25, -0.2) is 8.78 Å². The van der Waals surface area contributed by atoms with Gasteiger partial charge in [-0.2, -0.15) is 20.5 Å². The summed E-state index contributed by atoms with van der Waals surface area (Å²) in [6.07, 6.45) is 11.3. The Morgan fingerprint density at radius 2 is 1.62 bits per heavy atom. The number of ether oxygens (including phenoxy) is 1. The van der Waals surface area contributed by atoms with Gasteiger partial charge in [0.1, 0.15) is 5.82 Å². The molecule has 0 spiro atoms. The summed E-state index contributed by atoms with van der Waals surface area (Å²) < 4.78 is 61.0. The van der Waals surface area contributed by atoms with Crippen LogP contribution in [0.5, 0.6) is 5.75 Å². The molecule has 8 heteroatoms. The van der Waals surface area contributed by atoms with Gasteiger partial charge in [0.25, 0.3) is 5.66 Å². The molecule has 0 amide bonds. The standard InChI is InChI=1S/C20H19F4OPS.C6H14.C4H8S.C2H6/c21-15-8-9-16(22)18-17(15)19(10-2-1-3-13(19)11-25-18)27-14-6-4-12(5-7-14)20(23,24)26;1-4-5-6(2)3;1-5-4-2-3-4;1-2/h4-9,13H,1-3,10-11,26H2;6H,4-5H2,1-3H3;4H,2-3H2,1H3;1-2H3/t13?,19-;;;/m0.../s1. The van der Waals surface area contributed by atoms with Crippen LogP contribution in [0.25, 0.3) is 0 Å². The third kappa shape index (κ3) is 9.83. The van der Waals surface area contributed by atoms with Gasteiger partial charge in [0.2, 0.25) is 0 Å². The van der Waals surface area contributed by atoms with Crippen molar-refractivity contribution in [3.63, 3.8) is 0 Å². The van der Waals surface area contributed by atoms with Gasteiger partial charge in [0.15, 0.2) is 11.6 Å². The maximum Gasteiger partial charge on any atom is 0.283 e. The monoisotopic (exact) mass is 618 g/mol. The second-order valence-electron chi connectivity index (χ2n) is 10.7. The van der Waals surface area contributed by atoms with E-state index in [1.807, 2.05) is 25.6 Å². The third-order valence-corrected chi connectivity index (χ3v) is 10.3. The first-order valence-corrected chi connectivity index (χ1v) is 17.3. The van der Waals surface area contributed by atoms with Gasteiger partial charge in [-0.1, -0.05) is 81.7 Å². The predicted molar refractivity (Wildman–Crippen MR) is 169 cm³/mol. The van der Waals surface area contributed by atoms with Crippen molar-refractivity contribution in [2.45, 2.75) is 107 Å². The van der Waals surface area contributed by atoms with Gasteiger partial charge < -0.3 is 4.74 Å². The molecule has 226 valence electrons. The Hall–Kier alpha value is -0.910. The number of rotatable bonds is 6. The van der Waals surface area contributed by atoms with Crippen LogP contribution in [-0.2, 0) is 10.4 Å². The zero-order chi connectivity index (χ0) is 29.9.